The van der Waals surface area contributed by atoms with Gasteiger partial charge in [-0.3, -0.25) is 9.78 Å². The molecule has 114 valence electrons. The maximum Gasteiger partial charge on any atom is 0.330 e. The number of nitrogens with zero attached hydrogens (tertiary/aromatic N) is 1. The molecule has 0 aliphatic heterocycles. The standard InChI is InChI=1S/C17H18N2O3/c1-4-22-17(21)8-5-13-9-11(2)18-16-7-6-14(10-15(13)16)19-12(3)20/h5-10H,4H2,1-3H3,(H,19,20)/b8-5+. The Labute approximate surface area is 129 Å². The Balaban J connectivity index is 2.46. The molecule has 0 radical (unpaired) electrons. The number of aryl methyl sites for hydroxylation is 1. The molecule has 0 atom stereocenters. The van der Waals surface area contributed by atoms with Crippen LogP contribution >= 0.6 is 0 Å². The average molecular weight is 298 g/mol. The van der Waals surface area contributed by atoms with Crippen LogP contribution in [0.1, 0.15) is 25.1 Å². The summed E-state index contributed by atoms with van der Waals surface area (Å²) in [6, 6.07) is 7.37. The Bertz CT molecular complexity index is 751. The van der Waals surface area contributed by atoms with Gasteiger partial charge in [-0.2, -0.15) is 0 Å². The van der Waals surface area contributed by atoms with E-state index in [-0.39, 0.29) is 11.9 Å². The van der Waals surface area contributed by atoms with Crippen molar-refractivity contribution in [2.24, 2.45) is 0 Å². The predicted molar refractivity (Wildman–Crippen MR) is 86.5 cm³/mol. The monoisotopic (exact) mass is 298 g/mol. The summed E-state index contributed by atoms with van der Waals surface area (Å²) < 4.78 is 4.88. The van der Waals surface area contributed by atoms with Crippen LogP contribution in [0.4, 0.5) is 5.69 Å². The van der Waals surface area contributed by atoms with E-state index in [2.05, 4.69) is 10.3 Å². The van der Waals surface area contributed by atoms with Crippen LogP contribution in [0.25, 0.3) is 17.0 Å². The highest BCUT2D eigenvalue weighted by Crippen LogP contribution is 2.23. The van der Waals surface area contributed by atoms with Crippen molar-refractivity contribution in [3.63, 3.8) is 0 Å². The number of amides is 1. The molecule has 1 N–H and O–H groups in total. The number of nitrogens with one attached hydrogen (secondary N) is 1. The molecule has 0 unspecified atom stereocenters. The minimum Gasteiger partial charge on any atom is -0.463 e. The Kier molecular flexibility index (Phi) is 4.88. The van der Waals surface area contributed by atoms with Gasteiger partial charge in [0.05, 0.1) is 12.1 Å². The number of rotatable bonds is 4. The summed E-state index contributed by atoms with van der Waals surface area (Å²) in [5.74, 6) is -0.522. The van der Waals surface area contributed by atoms with Gasteiger partial charge in [0.25, 0.3) is 0 Å². The van der Waals surface area contributed by atoms with E-state index in [4.69, 9.17) is 4.74 Å². The van der Waals surface area contributed by atoms with Crippen LogP contribution in [0.5, 0.6) is 0 Å². The van der Waals surface area contributed by atoms with E-state index in [1.807, 2.05) is 25.1 Å². The third-order valence-electron chi connectivity index (χ3n) is 2.97. The smallest absolute Gasteiger partial charge is 0.330 e. The van der Waals surface area contributed by atoms with Crippen molar-refractivity contribution in [3.8, 4) is 0 Å². The van der Waals surface area contributed by atoms with E-state index in [1.165, 1.54) is 13.0 Å². The van der Waals surface area contributed by atoms with E-state index in [0.29, 0.717) is 12.3 Å². The van der Waals surface area contributed by atoms with Crippen molar-refractivity contribution in [2.75, 3.05) is 11.9 Å². The van der Waals surface area contributed by atoms with Crippen LogP contribution in [0.3, 0.4) is 0 Å². The van der Waals surface area contributed by atoms with Crippen LogP contribution in [0.15, 0.2) is 30.3 Å². The molecule has 2 aromatic rings. The first kappa shape index (κ1) is 15.7. The Hall–Kier alpha value is -2.69. The van der Waals surface area contributed by atoms with Crippen LogP contribution in [0.2, 0.25) is 0 Å². The fraction of sp³-hybridized carbons (Fsp3) is 0.235. The fourth-order valence-corrected chi connectivity index (χ4v) is 2.16. The molecule has 1 aromatic heterocycles. The van der Waals surface area contributed by atoms with Gasteiger partial charge < -0.3 is 10.1 Å². The topological polar surface area (TPSA) is 68.3 Å². The van der Waals surface area contributed by atoms with Crippen molar-refractivity contribution in [1.29, 1.82) is 0 Å². The van der Waals surface area contributed by atoms with Gasteiger partial charge in [0, 0.05) is 29.8 Å². The summed E-state index contributed by atoms with van der Waals surface area (Å²) in [5.41, 5.74) is 3.19. The number of carbonyl (C=O) groups excluding carboxylic acids is 2. The van der Waals surface area contributed by atoms with Crippen molar-refractivity contribution < 1.29 is 14.3 Å². The number of aromatic nitrogens is 1. The Morgan fingerprint density at radius 1 is 1.32 bits per heavy atom. The third kappa shape index (κ3) is 3.91. The normalized spacial score (nSPS) is 10.9. The molecule has 0 aliphatic rings. The lowest BCUT2D eigenvalue weighted by Gasteiger charge is -2.07. The molecule has 1 amide bonds. The molecule has 0 saturated carbocycles. The largest absolute Gasteiger partial charge is 0.463 e. The minimum atomic E-state index is -0.386. The average Bonchev–Trinajstić information content (AvgIpc) is 2.45. The molecule has 5 heteroatoms. The lowest BCUT2D eigenvalue weighted by atomic mass is 10.1. The first-order valence-corrected chi connectivity index (χ1v) is 7.03. The summed E-state index contributed by atoms with van der Waals surface area (Å²) in [7, 11) is 0. The van der Waals surface area contributed by atoms with Crippen molar-refractivity contribution in [3.05, 3.63) is 41.6 Å². The molecular weight excluding hydrogens is 280 g/mol. The van der Waals surface area contributed by atoms with Crippen LogP contribution < -0.4 is 5.32 Å². The highest BCUT2D eigenvalue weighted by molar-refractivity contribution is 5.97. The number of benzene rings is 1. The summed E-state index contributed by atoms with van der Waals surface area (Å²) in [6.07, 6.45) is 3.09. The molecule has 0 bridgehead atoms. The maximum atomic E-state index is 11.5. The quantitative estimate of drug-likeness (QED) is 0.695. The summed E-state index contributed by atoms with van der Waals surface area (Å²) in [5, 5.41) is 3.60. The number of anilines is 1. The predicted octanol–water partition coefficient (Wildman–Crippen LogP) is 3.08. The van der Waals surface area contributed by atoms with E-state index < -0.39 is 0 Å². The number of hydrogen-bond donors (Lipinski definition) is 1. The second kappa shape index (κ2) is 6.85. The first-order chi connectivity index (χ1) is 10.5. The van der Waals surface area contributed by atoms with Crippen molar-refractivity contribution in [1.82, 2.24) is 4.98 Å². The lowest BCUT2D eigenvalue weighted by molar-refractivity contribution is -0.137. The summed E-state index contributed by atoms with van der Waals surface area (Å²) >= 11 is 0. The summed E-state index contributed by atoms with van der Waals surface area (Å²) in [6.45, 7) is 5.45. The number of ether oxygens (including phenoxy) is 1. The first-order valence-electron chi connectivity index (χ1n) is 7.03. The SMILES string of the molecule is CCOC(=O)/C=C/c1cc(C)nc2ccc(NC(C)=O)cc12. The summed E-state index contributed by atoms with van der Waals surface area (Å²) in [4.78, 5) is 27.1. The zero-order valence-electron chi connectivity index (χ0n) is 12.8. The van der Waals surface area contributed by atoms with Gasteiger partial charge in [-0.15, -0.1) is 0 Å². The van der Waals surface area contributed by atoms with Crippen LogP contribution in [0, 0.1) is 6.92 Å². The van der Waals surface area contributed by atoms with Crippen LogP contribution in [-0.4, -0.2) is 23.5 Å². The lowest BCUT2D eigenvalue weighted by Crippen LogP contribution is -2.05. The van der Waals surface area contributed by atoms with E-state index in [9.17, 15) is 9.59 Å². The molecule has 0 spiro atoms. The minimum absolute atomic E-state index is 0.136. The molecule has 0 aliphatic carbocycles. The highest BCUT2D eigenvalue weighted by atomic mass is 16.5. The van der Waals surface area contributed by atoms with Gasteiger partial charge >= 0.3 is 5.97 Å². The molecule has 0 saturated heterocycles. The third-order valence-corrected chi connectivity index (χ3v) is 2.97. The van der Waals surface area contributed by atoms with E-state index >= 15 is 0 Å². The molecule has 1 heterocycles. The second-order valence-corrected chi connectivity index (χ2v) is 4.85. The van der Waals surface area contributed by atoms with Gasteiger partial charge in [-0.1, -0.05) is 0 Å². The molecule has 0 fully saturated rings. The van der Waals surface area contributed by atoms with Gasteiger partial charge in [0.15, 0.2) is 0 Å². The molecule has 2 rings (SSSR count). The molecule has 22 heavy (non-hydrogen) atoms. The molecular formula is C17H18N2O3. The molecule has 5 nitrogen and oxygen atoms in total. The fourth-order valence-electron chi connectivity index (χ4n) is 2.16. The molecule has 1 aromatic carbocycles. The number of hydrogen-bond acceptors (Lipinski definition) is 4. The highest BCUT2D eigenvalue weighted by Gasteiger charge is 2.05. The van der Waals surface area contributed by atoms with Gasteiger partial charge in [-0.25, -0.2) is 4.79 Å². The van der Waals surface area contributed by atoms with E-state index in [0.717, 1.165) is 22.2 Å². The Morgan fingerprint density at radius 2 is 2.09 bits per heavy atom. The zero-order chi connectivity index (χ0) is 16.1. The van der Waals surface area contributed by atoms with Crippen molar-refractivity contribution in [2.45, 2.75) is 20.8 Å². The van der Waals surface area contributed by atoms with Gasteiger partial charge in [0.2, 0.25) is 5.91 Å². The number of pyridine rings is 1. The number of fused-ring (bicyclic) bond motifs is 1. The second-order valence-electron chi connectivity index (χ2n) is 4.85. The Morgan fingerprint density at radius 3 is 2.77 bits per heavy atom. The van der Waals surface area contributed by atoms with Crippen molar-refractivity contribution >= 4 is 34.5 Å². The van der Waals surface area contributed by atoms with Gasteiger partial charge in [0.1, 0.15) is 0 Å². The van der Waals surface area contributed by atoms with E-state index in [1.54, 1.807) is 19.1 Å². The zero-order valence-corrected chi connectivity index (χ0v) is 12.8. The number of esters is 1. The van der Waals surface area contributed by atoms with Crippen LogP contribution in [-0.2, 0) is 14.3 Å². The maximum absolute atomic E-state index is 11.5. The van der Waals surface area contributed by atoms with Gasteiger partial charge in [-0.05, 0) is 49.8 Å². The number of carbonyl (C=O) groups is 2.